The number of rotatable bonds is 4. The number of nitrogens with two attached hydrogens (primary N) is 1. The molecular formula is C18H16Cl2N4O. The van der Waals surface area contributed by atoms with Crippen LogP contribution in [0.25, 0.3) is 0 Å². The van der Waals surface area contributed by atoms with Crippen molar-refractivity contribution in [1.29, 1.82) is 0 Å². The van der Waals surface area contributed by atoms with Gasteiger partial charge in [0.15, 0.2) is 5.82 Å². The molecule has 7 heteroatoms. The Morgan fingerprint density at radius 3 is 2.60 bits per heavy atom. The summed E-state index contributed by atoms with van der Waals surface area (Å²) in [6.45, 7) is 4.05. The number of benzene rings is 2. The Morgan fingerprint density at radius 2 is 1.84 bits per heavy atom. The van der Waals surface area contributed by atoms with Crippen LogP contribution in [0.5, 0.6) is 11.6 Å². The molecule has 0 unspecified atom stereocenters. The third kappa shape index (κ3) is 3.78. The molecule has 0 spiro atoms. The van der Waals surface area contributed by atoms with Gasteiger partial charge < -0.3 is 15.8 Å². The summed E-state index contributed by atoms with van der Waals surface area (Å²) in [6, 6.07) is 11.0. The zero-order chi connectivity index (χ0) is 18.0. The summed E-state index contributed by atoms with van der Waals surface area (Å²) < 4.78 is 5.80. The normalized spacial score (nSPS) is 10.6. The molecule has 0 aliphatic rings. The number of aryl methyl sites for hydroxylation is 2. The summed E-state index contributed by atoms with van der Waals surface area (Å²) in [5.41, 5.74) is 9.32. The first kappa shape index (κ1) is 17.3. The van der Waals surface area contributed by atoms with Crippen LogP contribution in [-0.2, 0) is 0 Å². The van der Waals surface area contributed by atoms with E-state index in [9.17, 15) is 0 Å². The molecule has 0 saturated heterocycles. The van der Waals surface area contributed by atoms with Crippen molar-refractivity contribution in [2.75, 3.05) is 11.1 Å². The van der Waals surface area contributed by atoms with Crippen molar-refractivity contribution in [1.82, 2.24) is 9.97 Å². The number of anilines is 3. The Bertz CT molecular complexity index is 931. The van der Waals surface area contributed by atoms with E-state index in [1.807, 2.05) is 32.0 Å². The second-order valence-corrected chi connectivity index (χ2v) is 6.30. The molecule has 128 valence electrons. The van der Waals surface area contributed by atoms with Crippen LogP contribution in [0.4, 0.5) is 17.2 Å². The Kier molecular flexibility index (Phi) is 4.97. The van der Waals surface area contributed by atoms with Gasteiger partial charge in [0.25, 0.3) is 0 Å². The van der Waals surface area contributed by atoms with E-state index in [2.05, 4.69) is 15.3 Å². The molecule has 3 N–H and O–H groups in total. The van der Waals surface area contributed by atoms with Gasteiger partial charge in [0.05, 0.1) is 15.7 Å². The molecule has 1 aromatic heterocycles. The van der Waals surface area contributed by atoms with Gasteiger partial charge in [0, 0.05) is 0 Å². The molecule has 0 aliphatic heterocycles. The smallest absolute Gasteiger partial charge is 0.248 e. The predicted molar refractivity (Wildman–Crippen MR) is 102 cm³/mol. The van der Waals surface area contributed by atoms with Crippen LogP contribution in [-0.4, -0.2) is 9.97 Å². The van der Waals surface area contributed by atoms with Crippen LogP contribution in [0.1, 0.15) is 11.1 Å². The van der Waals surface area contributed by atoms with Crippen molar-refractivity contribution in [3.63, 3.8) is 0 Å². The van der Waals surface area contributed by atoms with E-state index in [1.165, 1.54) is 11.9 Å². The Morgan fingerprint density at radius 1 is 1.04 bits per heavy atom. The lowest BCUT2D eigenvalue weighted by Gasteiger charge is -2.13. The Hall–Kier alpha value is -2.50. The van der Waals surface area contributed by atoms with Gasteiger partial charge in [-0.05, 0) is 49.2 Å². The van der Waals surface area contributed by atoms with E-state index in [0.717, 1.165) is 5.56 Å². The zero-order valence-corrected chi connectivity index (χ0v) is 15.2. The topological polar surface area (TPSA) is 73.1 Å². The lowest BCUT2D eigenvalue weighted by molar-refractivity contribution is 0.464. The Labute approximate surface area is 155 Å². The van der Waals surface area contributed by atoms with E-state index < -0.39 is 0 Å². The highest BCUT2D eigenvalue weighted by molar-refractivity contribution is 6.43. The molecule has 0 fully saturated rings. The molecule has 3 rings (SSSR count). The highest BCUT2D eigenvalue weighted by atomic mass is 35.5. The number of ether oxygens (including phenoxy) is 1. The average Bonchev–Trinajstić information content (AvgIpc) is 2.59. The number of aromatic nitrogens is 2. The number of hydrogen-bond donors (Lipinski definition) is 2. The molecule has 0 atom stereocenters. The number of nitrogens with one attached hydrogen (secondary N) is 1. The van der Waals surface area contributed by atoms with E-state index >= 15 is 0 Å². The molecule has 0 saturated carbocycles. The minimum Gasteiger partial charge on any atom is -0.437 e. The fourth-order valence-electron chi connectivity index (χ4n) is 2.18. The molecule has 0 bridgehead atoms. The maximum absolute atomic E-state index is 6.19. The van der Waals surface area contributed by atoms with Crippen LogP contribution in [0, 0.1) is 13.8 Å². The summed E-state index contributed by atoms with van der Waals surface area (Å²) >= 11 is 12.2. The van der Waals surface area contributed by atoms with Crippen LogP contribution in [0.15, 0.2) is 42.7 Å². The van der Waals surface area contributed by atoms with Crippen LogP contribution in [0.3, 0.4) is 0 Å². The lowest BCUT2D eigenvalue weighted by Crippen LogP contribution is -2.03. The molecule has 1 heterocycles. The Balaban J connectivity index is 1.89. The van der Waals surface area contributed by atoms with Gasteiger partial charge in [-0.15, -0.1) is 0 Å². The molecule has 2 aromatic carbocycles. The number of hydrogen-bond acceptors (Lipinski definition) is 5. The van der Waals surface area contributed by atoms with Gasteiger partial charge in [-0.3, -0.25) is 0 Å². The van der Waals surface area contributed by atoms with Crippen molar-refractivity contribution in [3.8, 4) is 11.6 Å². The maximum Gasteiger partial charge on any atom is 0.248 e. The van der Waals surface area contributed by atoms with Gasteiger partial charge in [0.1, 0.15) is 17.8 Å². The zero-order valence-electron chi connectivity index (χ0n) is 13.7. The number of nitrogens with zero attached hydrogens (tertiary/aromatic N) is 2. The van der Waals surface area contributed by atoms with E-state index in [0.29, 0.717) is 27.3 Å². The first-order valence-electron chi connectivity index (χ1n) is 7.52. The molecular weight excluding hydrogens is 359 g/mol. The van der Waals surface area contributed by atoms with Crippen molar-refractivity contribution in [3.05, 3.63) is 63.9 Å². The van der Waals surface area contributed by atoms with Gasteiger partial charge in [-0.2, -0.15) is 4.98 Å². The van der Waals surface area contributed by atoms with E-state index in [4.69, 9.17) is 33.7 Å². The third-order valence-corrected chi connectivity index (χ3v) is 4.56. The summed E-state index contributed by atoms with van der Waals surface area (Å²) in [4.78, 5) is 8.26. The highest BCUT2D eigenvalue weighted by Gasteiger charge is 2.13. The van der Waals surface area contributed by atoms with Gasteiger partial charge in [-0.25, -0.2) is 4.98 Å². The first-order chi connectivity index (χ1) is 12.0. The standard InChI is InChI=1S/C18H16Cl2N4O/c1-10-6-7-12(8-11(10)2)25-18-16(21)17(22-9-23-18)24-14-5-3-4-13(19)15(14)20/h3-9H,21H2,1-2H3,(H,22,23,24). The lowest BCUT2D eigenvalue weighted by atomic mass is 10.1. The molecule has 5 nitrogen and oxygen atoms in total. The molecule has 3 aromatic rings. The van der Waals surface area contributed by atoms with Crippen LogP contribution >= 0.6 is 23.2 Å². The van der Waals surface area contributed by atoms with Crippen LogP contribution < -0.4 is 15.8 Å². The van der Waals surface area contributed by atoms with Crippen molar-refractivity contribution >= 4 is 40.4 Å². The molecule has 0 radical (unpaired) electrons. The summed E-state index contributed by atoms with van der Waals surface area (Å²) in [7, 11) is 0. The molecule has 25 heavy (non-hydrogen) atoms. The fourth-order valence-corrected chi connectivity index (χ4v) is 2.53. The van der Waals surface area contributed by atoms with E-state index in [-0.39, 0.29) is 11.6 Å². The quantitative estimate of drug-likeness (QED) is 0.628. The minimum atomic E-state index is 0.263. The van der Waals surface area contributed by atoms with Gasteiger partial charge >= 0.3 is 0 Å². The average molecular weight is 375 g/mol. The second kappa shape index (κ2) is 7.17. The van der Waals surface area contributed by atoms with Crippen molar-refractivity contribution < 1.29 is 4.74 Å². The number of halogens is 2. The van der Waals surface area contributed by atoms with E-state index in [1.54, 1.807) is 18.2 Å². The first-order valence-corrected chi connectivity index (χ1v) is 8.28. The SMILES string of the molecule is Cc1ccc(Oc2ncnc(Nc3cccc(Cl)c3Cl)c2N)cc1C. The van der Waals surface area contributed by atoms with Crippen molar-refractivity contribution in [2.24, 2.45) is 0 Å². The predicted octanol–water partition coefficient (Wildman–Crippen LogP) is 5.52. The molecule has 0 aliphatic carbocycles. The van der Waals surface area contributed by atoms with Gasteiger partial charge in [-0.1, -0.05) is 35.3 Å². The fraction of sp³-hybridized carbons (Fsp3) is 0.111. The van der Waals surface area contributed by atoms with Crippen LogP contribution in [0.2, 0.25) is 10.0 Å². The summed E-state index contributed by atoms with van der Waals surface area (Å²) in [6.07, 6.45) is 1.37. The third-order valence-electron chi connectivity index (χ3n) is 3.74. The molecule has 0 amide bonds. The highest BCUT2D eigenvalue weighted by Crippen LogP contribution is 2.35. The monoisotopic (exact) mass is 374 g/mol. The summed E-state index contributed by atoms with van der Waals surface area (Å²) in [5.74, 6) is 1.30. The minimum absolute atomic E-state index is 0.263. The van der Waals surface area contributed by atoms with Crippen molar-refractivity contribution in [2.45, 2.75) is 13.8 Å². The largest absolute Gasteiger partial charge is 0.437 e. The second-order valence-electron chi connectivity index (χ2n) is 5.52. The maximum atomic E-state index is 6.19. The number of nitrogen functional groups attached to an aromatic ring is 1. The van der Waals surface area contributed by atoms with Gasteiger partial charge in [0.2, 0.25) is 5.88 Å². The summed E-state index contributed by atoms with van der Waals surface area (Å²) in [5, 5.41) is 3.88.